The molecule has 0 radical (unpaired) electrons. The summed E-state index contributed by atoms with van der Waals surface area (Å²) in [6.07, 6.45) is 0.00609. The lowest BCUT2D eigenvalue weighted by Crippen LogP contribution is -2.50. The number of anilines is 1. The largest absolute Gasteiger partial charge is 0.444 e. The van der Waals surface area contributed by atoms with Crippen LogP contribution in [0.5, 0.6) is 0 Å². The average Bonchev–Trinajstić information content (AvgIpc) is 2.61. The summed E-state index contributed by atoms with van der Waals surface area (Å²) in [5.74, 6) is 0. The number of piperazine rings is 1. The van der Waals surface area contributed by atoms with Gasteiger partial charge in [0.05, 0.1) is 19.4 Å². The fourth-order valence-electron chi connectivity index (χ4n) is 3.03. The van der Waals surface area contributed by atoms with Crippen molar-refractivity contribution in [2.75, 3.05) is 44.3 Å². The molecule has 0 aliphatic carbocycles. The van der Waals surface area contributed by atoms with E-state index in [2.05, 4.69) is 4.90 Å². The molecule has 1 amide bonds. The van der Waals surface area contributed by atoms with Gasteiger partial charge in [-0.15, -0.1) is 0 Å². The highest BCUT2D eigenvalue weighted by Gasteiger charge is 2.27. The van der Waals surface area contributed by atoms with Gasteiger partial charge in [0, 0.05) is 31.9 Å². The molecule has 1 fully saturated rings. The van der Waals surface area contributed by atoms with Crippen molar-refractivity contribution in [2.24, 2.45) is 0 Å². The second-order valence-electron chi connectivity index (χ2n) is 7.73. The third-order valence-electron chi connectivity index (χ3n) is 4.26. The highest BCUT2D eigenvalue weighted by atomic mass is 31.2. The van der Waals surface area contributed by atoms with E-state index in [4.69, 9.17) is 13.8 Å². The van der Waals surface area contributed by atoms with Crippen molar-refractivity contribution < 1.29 is 23.1 Å². The van der Waals surface area contributed by atoms with Gasteiger partial charge in [0.2, 0.25) is 0 Å². The molecule has 0 spiro atoms. The van der Waals surface area contributed by atoms with Crippen LogP contribution >= 0.6 is 7.60 Å². The van der Waals surface area contributed by atoms with Crippen LogP contribution in [0.4, 0.5) is 10.5 Å². The second kappa shape index (κ2) is 9.77. The van der Waals surface area contributed by atoms with E-state index >= 15 is 0 Å². The monoisotopic (exact) mass is 412 g/mol. The molecule has 0 aromatic heterocycles. The Morgan fingerprint density at radius 3 is 2.00 bits per heavy atom. The van der Waals surface area contributed by atoms with E-state index in [9.17, 15) is 9.36 Å². The van der Waals surface area contributed by atoms with Gasteiger partial charge >= 0.3 is 13.7 Å². The zero-order valence-corrected chi connectivity index (χ0v) is 18.5. The second-order valence-corrected chi connectivity index (χ2v) is 9.78. The van der Waals surface area contributed by atoms with Crippen LogP contribution in [0.15, 0.2) is 24.3 Å². The van der Waals surface area contributed by atoms with Gasteiger partial charge in [0.15, 0.2) is 0 Å². The Balaban J connectivity index is 1.92. The van der Waals surface area contributed by atoms with Crippen molar-refractivity contribution in [1.82, 2.24) is 4.90 Å². The Morgan fingerprint density at radius 1 is 1.00 bits per heavy atom. The molecule has 1 saturated heterocycles. The maximum Gasteiger partial charge on any atom is 0.410 e. The van der Waals surface area contributed by atoms with E-state index in [-0.39, 0.29) is 12.3 Å². The van der Waals surface area contributed by atoms with E-state index in [0.29, 0.717) is 26.3 Å². The van der Waals surface area contributed by atoms with Gasteiger partial charge in [0.1, 0.15) is 5.60 Å². The van der Waals surface area contributed by atoms with Crippen molar-refractivity contribution in [3.63, 3.8) is 0 Å². The zero-order chi connectivity index (χ0) is 20.8. The van der Waals surface area contributed by atoms with E-state index in [1.165, 1.54) is 0 Å². The van der Waals surface area contributed by atoms with Gasteiger partial charge in [-0.25, -0.2) is 4.79 Å². The molecule has 8 heteroatoms. The Morgan fingerprint density at radius 2 is 1.54 bits per heavy atom. The first-order valence-electron chi connectivity index (χ1n) is 9.85. The van der Waals surface area contributed by atoms with Crippen LogP contribution < -0.4 is 4.90 Å². The number of hydrogen-bond donors (Lipinski definition) is 0. The van der Waals surface area contributed by atoms with E-state index in [1.807, 2.05) is 58.9 Å². The summed E-state index contributed by atoms with van der Waals surface area (Å²) in [6, 6.07) is 7.95. The lowest BCUT2D eigenvalue weighted by molar-refractivity contribution is 0.0240. The van der Waals surface area contributed by atoms with Crippen LogP contribution in [0, 0.1) is 0 Å². The van der Waals surface area contributed by atoms with Gasteiger partial charge in [-0.1, -0.05) is 12.1 Å². The third-order valence-corrected chi connectivity index (χ3v) is 6.32. The normalized spacial score (nSPS) is 15.6. The number of carbonyl (C=O) groups is 1. The summed E-state index contributed by atoms with van der Waals surface area (Å²) in [4.78, 5) is 16.2. The van der Waals surface area contributed by atoms with Crippen molar-refractivity contribution in [3.8, 4) is 0 Å². The lowest BCUT2D eigenvalue weighted by Gasteiger charge is -2.36. The highest BCUT2D eigenvalue weighted by Crippen LogP contribution is 2.51. The molecule has 158 valence electrons. The van der Waals surface area contributed by atoms with Gasteiger partial charge in [0.25, 0.3) is 0 Å². The SMILES string of the molecule is CCOP(=O)(Cc1ccc(N2CCN(C(=O)OC(C)(C)C)CC2)cc1)OCC. The summed E-state index contributed by atoms with van der Waals surface area (Å²) in [5, 5.41) is 0. The first-order valence-corrected chi connectivity index (χ1v) is 11.6. The lowest BCUT2D eigenvalue weighted by atomic mass is 10.2. The zero-order valence-electron chi connectivity index (χ0n) is 17.6. The number of rotatable bonds is 7. The molecule has 1 heterocycles. The van der Waals surface area contributed by atoms with E-state index in [0.717, 1.165) is 24.3 Å². The Kier molecular flexibility index (Phi) is 7.93. The first kappa shape index (κ1) is 22.7. The molecule has 2 rings (SSSR count). The first-order chi connectivity index (χ1) is 13.2. The maximum atomic E-state index is 12.7. The fourth-order valence-corrected chi connectivity index (χ4v) is 4.73. The molecule has 1 aliphatic heterocycles. The summed E-state index contributed by atoms with van der Waals surface area (Å²) < 4.78 is 28.8. The predicted octanol–water partition coefficient (Wildman–Crippen LogP) is 4.51. The van der Waals surface area contributed by atoms with Crippen LogP contribution in [0.1, 0.15) is 40.2 Å². The van der Waals surface area contributed by atoms with E-state index < -0.39 is 13.2 Å². The minimum atomic E-state index is -3.10. The quantitative estimate of drug-likeness (QED) is 0.614. The van der Waals surface area contributed by atoms with Crippen LogP contribution in [-0.4, -0.2) is 56.0 Å². The smallest absolute Gasteiger partial charge is 0.410 e. The molecule has 0 saturated carbocycles. The fraction of sp³-hybridized carbons (Fsp3) is 0.650. The predicted molar refractivity (Wildman–Crippen MR) is 111 cm³/mol. The third kappa shape index (κ3) is 6.80. The topological polar surface area (TPSA) is 68.3 Å². The number of amides is 1. The van der Waals surface area contributed by atoms with Gasteiger partial charge in [-0.05, 0) is 52.3 Å². The van der Waals surface area contributed by atoms with Crippen molar-refractivity contribution >= 4 is 19.4 Å². The minimum Gasteiger partial charge on any atom is -0.444 e. The number of carbonyl (C=O) groups excluding carboxylic acids is 1. The summed E-state index contributed by atoms with van der Waals surface area (Å²) in [5.41, 5.74) is 1.52. The number of hydrogen-bond acceptors (Lipinski definition) is 6. The number of benzene rings is 1. The molecule has 1 aromatic carbocycles. The average molecular weight is 412 g/mol. The molecule has 0 bridgehead atoms. The van der Waals surface area contributed by atoms with Crippen LogP contribution in [0.2, 0.25) is 0 Å². The summed E-state index contributed by atoms with van der Waals surface area (Å²) in [6.45, 7) is 12.7. The molecule has 1 aromatic rings. The summed E-state index contributed by atoms with van der Waals surface area (Å²) in [7, 11) is -3.10. The standard InChI is InChI=1S/C20H33N2O5P/c1-6-25-28(24,26-7-2)16-17-8-10-18(11-9-17)21-12-14-22(15-13-21)19(23)27-20(3,4)5/h8-11H,6-7,12-16H2,1-5H3. The molecule has 1 aliphatic rings. The maximum absolute atomic E-state index is 12.7. The van der Waals surface area contributed by atoms with Gasteiger partial charge < -0.3 is 23.6 Å². The molecule has 7 nitrogen and oxygen atoms in total. The van der Waals surface area contributed by atoms with E-state index in [1.54, 1.807) is 4.90 Å². The van der Waals surface area contributed by atoms with Crippen molar-refractivity contribution in [2.45, 2.75) is 46.4 Å². The minimum absolute atomic E-state index is 0.259. The number of nitrogens with zero attached hydrogens (tertiary/aromatic N) is 2. The Bertz CT molecular complexity index is 669. The molecule has 28 heavy (non-hydrogen) atoms. The van der Waals surface area contributed by atoms with Gasteiger partial charge in [-0.2, -0.15) is 0 Å². The summed E-state index contributed by atoms with van der Waals surface area (Å²) >= 11 is 0. The van der Waals surface area contributed by atoms with Crippen LogP contribution in [0.25, 0.3) is 0 Å². The molecular formula is C20H33N2O5P. The number of ether oxygens (including phenoxy) is 1. The van der Waals surface area contributed by atoms with Crippen LogP contribution in [0.3, 0.4) is 0 Å². The van der Waals surface area contributed by atoms with Gasteiger partial charge in [-0.3, -0.25) is 4.57 Å². The van der Waals surface area contributed by atoms with Crippen molar-refractivity contribution in [1.29, 1.82) is 0 Å². The Labute approximate surface area is 168 Å². The molecule has 0 atom stereocenters. The molecule has 0 unspecified atom stereocenters. The van der Waals surface area contributed by atoms with Crippen LogP contribution in [-0.2, 0) is 24.5 Å². The Hall–Kier alpha value is -1.56. The molecule has 0 N–H and O–H groups in total. The van der Waals surface area contributed by atoms with Crippen molar-refractivity contribution in [3.05, 3.63) is 29.8 Å². The molecular weight excluding hydrogens is 379 g/mol. The highest BCUT2D eigenvalue weighted by molar-refractivity contribution is 7.53.